The lowest BCUT2D eigenvalue weighted by atomic mass is 9.88. The van der Waals surface area contributed by atoms with Crippen LogP contribution in [0.5, 0.6) is 5.75 Å². The van der Waals surface area contributed by atoms with Crippen molar-refractivity contribution in [1.29, 1.82) is 0 Å². The molecule has 2 aliphatic heterocycles. The molecule has 0 aromatic heterocycles. The Kier molecular flexibility index (Phi) is 11.5. The molecule has 0 saturated carbocycles. The third-order valence-electron chi connectivity index (χ3n) is 9.33. The van der Waals surface area contributed by atoms with Gasteiger partial charge in [-0.15, -0.1) is 11.6 Å². The van der Waals surface area contributed by atoms with E-state index in [0.717, 1.165) is 39.9 Å². The summed E-state index contributed by atoms with van der Waals surface area (Å²) in [5.41, 5.74) is 7.69. The molecule has 4 aromatic carbocycles. The number of carbonyl (C=O) groups is 4. The molecule has 9 nitrogen and oxygen atoms in total. The van der Waals surface area contributed by atoms with Gasteiger partial charge in [-0.25, -0.2) is 0 Å². The van der Waals surface area contributed by atoms with Crippen molar-refractivity contribution in [2.24, 2.45) is 0 Å². The monoisotopic (exact) mass is 704 g/mol. The van der Waals surface area contributed by atoms with Crippen molar-refractivity contribution in [3.05, 3.63) is 131 Å². The molecule has 0 spiro atoms. The van der Waals surface area contributed by atoms with E-state index in [9.17, 15) is 19.2 Å². The largest absolute Gasteiger partial charge is 0.492 e. The van der Waals surface area contributed by atoms with Crippen molar-refractivity contribution in [2.75, 3.05) is 37.9 Å². The summed E-state index contributed by atoms with van der Waals surface area (Å²) in [6, 6.07) is 33.4. The normalized spacial score (nSPS) is 15.9. The van der Waals surface area contributed by atoms with Crippen LogP contribution in [0.15, 0.2) is 103 Å². The van der Waals surface area contributed by atoms with Gasteiger partial charge in [0.25, 0.3) is 5.91 Å². The van der Waals surface area contributed by atoms with Crippen molar-refractivity contribution in [3.8, 4) is 5.75 Å². The van der Waals surface area contributed by atoms with E-state index in [1.54, 1.807) is 24.1 Å². The molecule has 6 rings (SSSR count). The number of alkyl halides is 1. The molecule has 1 unspecified atom stereocenters. The molecule has 2 aliphatic rings. The molecule has 0 bridgehead atoms. The summed E-state index contributed by atoms with van der Waals surface area (Å²) in [7, 11) is 1.75. The van der Waals surface area contributed by atoms with Crippen LogP contribution in [0.4, 0.5) is 5.69 Å². The zero-order chi connectivity index (χ0) is 35.7. The Morgan fingerprint density at radius 2 is 1.57 bits per heavy atom. The highest BCUT2D eigenvalue weighted by Gasteiger charge is 2.39. The van der Waals surface area contributed by atoms with Gasteiger partial charge in [-0.3, -0.25) is 24.5 Å². The highest BCUT2D eigenvalue weighted by Crippen LogP contribution is 2.36. The van der Waals surface area contributed by atoms with E-state index in [-0.39, 0.29) is 37.1 Å². The number of halogens is 1. The lowest BCUT2D eigenvalue weighted by molar-refractivity contribution is -0.137. The predicted molar refractivity (Wildman–Crippen MR) is 199 cm³/mol. The molecule has 51 heavy (non-hydrogen) atoms. The number of amides is 4. The van der Waals surface area contributed by atoms with Crippen molar-refractivity contribution < 1.29 is 23.9 Å². The SMILES string of the molecule is CN(CCOc1ccc(C(=C(CCCl)c2ccccc2)c2ccccc2)cc1)C(=O)CCNc1cccc2c1CN(C1CCC(=O)NC1=O)C2=O. The molecule has 1 saturated heterocycles. The van der Waals surface area contributed by atoms with Crippen molar-refractivity contribution in [2.45, 2.75) is 38.3 Å². The first-order valence-electron chi connectivity index (χ1n) is 17.2. The summed E-state index contributed by atoms with van der Waals surface area (Å²) in [4.78, 5) is 53.2. The minimum atomic E-state index is -0.678. The minimum Gasteiger partial charge on any atom is -0.492 e. The predicted octanol–water partition coefficient (Wildman–Crippen LogP) is 6.38. The quantitative estimate of drug-likeness (QED) is 0.0897. The van der Waals surface area contributed by atoms with Gasteiger partial charge < -0.3 is 19.9 Å². The maximum absolute atomic E-state index is 13.1. The summed E-state index contributed by atoms with van der Waals surface area (Å²) in [6.45, 7) is 1.39. The summed E-state index contributed by atoms with van der Waals surface area (Å²) < 4.78 is 6.04. The number of carbonyl (C=O) groups excluding carboxylic acids is 4. The Bertz CT molecular complexity index is 1910. The molecule has 262 valence electrons. The summed E-state index contributed by atoms with van der Waals surface area (Å²) >= 11 is 6.30. The highest BCUT2D eigenvalue weighted by molar-refractivity contribution is 6.18. The molecular weight excluding hydrogens is 664 g/mol. The van der Waals surface area contributed by atoms with Crippen molar-refractivity contribution in [1.82, 2.24) is 15.1 Å². The van der Waals surface area contributed by atoms with E-state index in [1.165, 1.54) is 10.5 Å². The number of allylic oxidation sites excluding steroid dienone is 1. The average Bonchev–Trinajstić information content (AvgIpc) is 3.49. The molecule has 2 N–H and O–H groups in total. The lowest BCUT2D eigenvalue weighted by Crippen LogP contribution is -2.52. The van der Waals surface area contributed by atoms with Gasteiger partial charge in [0, 0.05) is 55.7 Å². The number of fused-ring (bicyclic) bond motifs is 1. The molecule has 10 heteroatoms. The zero-order valence-electron chi connectivity index (χ0n) is 28.6. The second-order valence-electron chi connectivity index (χ2n) is 12.6. The Morgan fingerprint density at radius 1 is 0.882 bits per heavy atom. The number of hydrogen-bond donors (Lipinski definition) is 2. The minimum absolute atomic E-state index is 0.0411. The fraction of sp³-hybridized carbons (Fsp3) is 0.268. The van der Waals surface area contributed by atoms with Gasteiger partial charge in [-0.2, -0.15) is 0 Å². The molecule has 0 radical (unpaired) electrons. The Morgan fingerprint density at radius 3 is 2.25 bits per heavy atom. The van der Waals surface area contributed by atoms with E-state index in [2.05, 4.69) is 47.0 Å². The first-order chi connectivity index (χ1) is 24.8. The molecule has 1 fully saturated rings. The van der Waals surface area contributed by atoms with E-state index in [1.807, 2.05) is 54.6 Å². The van der Waals surface area contributed by atoms with Crippen LogP contribution in [-0.2, 0) is 20.9 Å². The van der Waals surface area contributed by atoms with Gasteiger partial charge in [0.05, 0.1) is 6.54 Å². The number of hydrogen-bond acceptors (Lipinski definition) is 6. The first-order valence-corrected chi connectivity index (χ1v) is 17.7. The number of nitrogens with one attached hydrogen (secondary N) is 2. The van der Waals surface area contributed by atoms with Gasteiger partial charge in [-0.1, -0.05) is 78.9 Å². The van der Waals surface area contributed by atoms with Gasteiger partial charge >= 0.3 is 0 Å². The molecular formula is C41H41ClN4O5. The van der Waals surface area contributed by atoms with Crippen LogP contribution in [0.1, 0.15) is 58.3 Å². The van der Waals surface area contributed by atoms with Gasteiger partial charge in [0.1, 0.15) is 18.4 Å². The third-order valence-corrected chi connectivity index (χ3v) is 9.52. The van der Waals surface area contributed by atoms with E-state index in [0.29, 0.717) is 43.3 Å². The second kappa shape index (κ2) is 16.5. The molecule has 4 amide bonds. The van der Waals surface area contributed by atoms with Crippen LogP contribution < -0.4 is 15.4 Å². The number of likely N-dealkylation sites (N-methyl/N-ethyl adjacent to an activating group) is 1. The van der Waals surface area contributed by atoms with Gasteiger partial charge in [0.2, 0.25) is 17.7 Å². The van der Waals surface area contributed by atoms with Crippen LogP contribution in [0.25, 0.3) is 11.1 Å². The number of ether oxygens (including phenoxy) is 1. The van der Waals surface area contributed by atoms with E-state index >= 15 is 0 Å². The molecule has 1 atom stereocenters. The van der Waals surface area contributed by atoms with Crippen LogP contribution in [-0.4, -0.2) is 72.1 Å². The topological polar surface area (TPSA) is 108 Å². The van der Waals surface area contributed by atoms with E-state index < -0.39 is 11.9 Å². The fourth-order valence-electron chi connectivity index (χ4n) is 6.66. The Labute approximate surface area is 303 Å². The van der Waals surface area contributed by atoms with Crippen molar-refractivity contribution in [3.63, 3.8) is 0 Å². The second-order valence-corrected chi connectivity index (χ2v) is 13.0. The number of piperidine rings is 1. The van der Waals surface area contributed by atoms with Gasteiger partial charge in [0.15, 0.2) is 0 Å². The maximum atomic E-state index is 13.1. The number of nitrogens with zero attached hydrogens (tertiary/aromatic N) is 2. The summed E-state index contributed by atoms with van der Waals surface area (Å²) in [5.74, 6) is 0.184. The molecule has 4 aromatic rings. The number of anilines is 1. The van der Waals surface area contributed by atoms with Crippen LogP contribution in [0.3, 0.4) is 0 Å². The molecule has 0 aliphatic carbocycles. The number of benzene rings is 4. The zero-order valence-corrected chi connectivity index (χ0v) is 29.3. The van der Waals surface area contributed by atoms with Crippen LogP contribution in [0.2, 0.25) is 0 Å². The first kappa shape index (κ1) is 35.4. The van der Waals surface area contributed by atoms with Crippen molar-refractivity contribution >= 4 is 52.1 Å². The fourth-order valence-corrected chi connectivity index (χ4v) is 6.85. The standard InChI is InChI=1S/C41H41ClN4O5/c1-45(38(48)22-24-43-35-14-8-13-33-34(35)27-46(41(33)50)36-19-20-37(47)44-40(36)49)25-26-51-31-17-15-30(16-18-31)39(29-11-6-3-7-12-29)32(21-23-42)28-9-4-2-5-10-28/h2-18,36,43H,19-27H2,1H3,(H,44,47,49). The lowest BCUT2D eigenvalue weighted by Gasteiger charge is -2.29. The smallest absolute Gasteiger partial charge is 0.255 e. The molecule has 2 heterocycles. The Hall–Kier alpha value is -5.41. The van der Waals surface area contributed by atoms with Gasteiger partial charge in [-0.05, 0) is 64.9 Å². The number of imide groups is 1. The maximum Gasteiger partial charge on any atom is 0.255 e. The number of rotatable bonds is 14. The third kappa shape index (κ3) is 8.32. The Balaban J connectivity index is 1.02. The van der Waals surface area contributed by atoms with E-state index in [4.69, 9.17) is 16.3 Å². The summed E-state index contributed by atoms with van der Waals surface area (Å²) in [6.07, 6.45) is 1.48. The average molecular weight is 705 g/mol. The summed E-state index contributed by atoms with van der Waals surface area (Å²) in [5, 5.41) is 5.63. The van der Waals surface area contributed by atoms with Crippen LogP contribution >= 0.6 is 11.6 Å². The highest BCUT2D eigenvalue weighted by atomic mass is 35.5. The van der Waals surface area contributed by atoms with Crippen LogP contribution in [0, 0.1) is 0 Å².